The van der Waals surface area contributed by atoms with Crippen LogP contribution in [0.4, 0.5) is 0 Å². The fourth-order valence-electron chi connectivity index (χ4n) is 4.66. The molecule has 0 aromatic heterocycles. The van der Waals surface area contributed by atoms with Gasteiger partial charge in [-0.25, -0.2) is 0 Å². The largest absolute Gasteiger partial charge is 0.457 e. The number of unbranched alkanes of at least 4 members (excludes halogenated alkanes) is 13. The average molecular weight is 459 g/mol. The van der Waals surface area contributed by atoms with Crippen molar-refractivity contribution >= 4 is 5.97 Å². The number of hydrogen-bond acceptors (Lipinski definition) is 2. The van der Waals surface area contributed by atoms with Crippen molar-refractivity contribution in [2.75, 3.05) is 0 Å². The van der Waals surface area contributed by atoms with Gasteiger partial charge in [-0.05, 0) is 31.2 Å². The molecule has 0 aliphatic carbocycles. The summed E-state index contributed by atoms with van der Waals surface area (Å²) in [7, 11) is 0. The molecule has 0 saturated carbocycles. The summed E-state index contributed by atoms with van der Waals surface area (Å²) in [6.45, 7) is 6.73. The molecule has 0 fully saturated rings. The third-order valence-electron chi connectivity index (χ3n) is 6.90. The summed E-state index contributed by atoms with van der Waals surface area (Å²) in [5.41, 5.74) is 1.14. The Bertz CT molecular complexity index is 553. The molecule has 2 atom stereocenters. The number of benzene rings is 1. The molecule has 0 N–H and O–H groups in total. The SMILES string of the molecule is CCCCCCCCCCC(CCCCCCCC)C(=O)OC(CCCC)c1ccccc1. The fourth-order valence-corrected chi connectivity index (χ4v) is 4.66. The number of carbonyl (C=O) groups is 1. The van der Waals surface area contributed by atoms with Gasteiger partial charge in [-0.3, -0.25) is 4.79 Å². The van der Waals surface area contributed by atoms with Crippen molar-refractivity contribution in [1.29, 1.82) is 0 Å². The quantitative estimate of drug-likeness (QED) is 0.127. The highest BCUT2D eigenvalue weighted by Crippen LogP contribution is 2.28. The van der Waals surface area contributed by atoms with Crippen molar-refractivity contribution in [3.8, 4) is 0 Å². The Hall–Kier alpha value is -1.31. The van der Waals surface area contributed by atoms with Gasteiger partial charge in [-0.2, -0.15) is 0 Å². The van der Waals surface area contributed by atoms with E-state index in [1.54, 1.807) is 0 Å². The first-order valence-electron chi connectivity index (χ1n) is 14.5. The van der Waals surface area contributed by atoms with Gasteiger partial charge in [0.25, 0.3) is 0 Å². The van der Waals surface area contributed by atoms with Crippen LogP contribution in [0.3, 0.4) is 0 Å². The predicted molar refractivity (Wildman–Crippen MR) is 144 cm³/mol. The summed E-state index contributed by atoms with van der Waals surface area (Å²) in [5.74, 6) is 0.126. The molecule has 190 valence electrons. The molecule has 2 nitrogen and oxygen atoms in total. The van der Waals surface area contributed by atoms with E-state index in [2.05, 4.69) is 45.0 Å². The Labute approximate surface area is 206 Å². The highest BCUT2D eigenvalue weighted by molar-refractivity contribution is 5.72. The lowest BCUT2D eigenvalue weighted by atomic mass is 9.93. The third kappa shape index (κ3) is 15.3. The van der Waals surface area contributed by atoms with Crippen LogP contribution in [0, 0.1) is 5.92 Å². The molecule has 0 saturated heterocycles. The molecule has 1 aromatic carbocycles. The van der Waals surface area contributed by atoms with E-state index in [-0.39, 0.29) is 18.0 Å². The van der Waals surface area contributed by atoms with Gasteiger partial charge < -0.3 is 4.74 Å². The Kier molecular flexibility index (Phi) is 19.1. The first-order valence-corrected chi connectivity index (χ1v) is 14.5. The molecule has 0 aliphatic rings. The summed E-state index contributed by atoms with van der Waals surface area (Å²) < 4.78 is 6.18. The van der Waals surface area contributed by atoms with E-state index in [9.17, 15) is 4.79 Å². The Morgan fingerprint density at radius 3 is 1.55 bits per heavy atom. The van der Waals surface area contributed by atoms with Gasteiger partial charge in [0.2, 0.25) is 0 Å². The second-order valence-electron chi connectivity index (χ2n) is 10.00. The van der Waals surface area contributed by atoms with Gasteiger partial charge in [0, 0.05) is 0 Å². The lowest BCUT2D eigenvalue weighted by Crippen LogP contribution is -2.21. The van der Waals surface area contributed by atoms with Gasteiger partial charge in [0.15, 0.2) is 0 Å². The van der Waals surface area contributed by atoms with Crippen LogP contribution in [0.2, 0.25) is 0 Å². The normalized spacial score (nSPS) is 13.1. The first-order chi connectivity index (χ1) is 16.2. The van der Waals surface area contributed by atoms with E-state index in [1.807, 2.05) is 6.07 Å². The Balaban J connectivity index is 2.55. The zero-order valence-electron chi connectivity index (χ0n) is 22.3. The zero-order chi connectivity index (χ0) is 24.0. The van der Waals surface area contributed by atoms with Crippen molar-refractivity contribution in [3.63, 3.8) is 0 Å². The van der Waals surface area contributed by atoms with Crippen LogP contribution in [-0.2, 0) is 9.53 Å². The zero-order valence-corrected chi connectivity index (χ0v) is 22.3. The molecule has 2 heteroatoms. The summed E-state index contributed by atoms with van der Waals surface area (Å²) in [6.07, 6.45) is 23.2. The number of hydrogen-bond donors (Lipinski definition) is 0. The smallest absolute Gasteiger partial charge is 0.309 e. The van der Waals surface area contributed by atoms with Crippen molar-refractivity contribution in [2.45, 2.75) is 149 Å². The van der Waals surface area contributed by atoms with E-state index < -0.39 is 0 Å². The van der Waals surface area contributed by atoms with E-state index in [0.29, 0.717) is 0 Å². The summed E-state index contributed by atoms with van der Waals surface area (Å²) in [6, 6.07) is 10.3. The van der Waals surface area contributed by atoms with Crippen molar-refractivity contribution < 1.29 is 9.53 Å². The van der Waals surface area contributed by atoms with Crippen molar-refractivity contribution in [1.82, 2.24) is 0 Å². The van der Waals surface area contributed by atoms with E-state index in [4.69, 9.17) is 4.74 Å². The molecule has 33 heavy (non-hydrogen) atoms. The maximum absolute atomic E-state index is 13.3. The van der Waals surface area contributed by atoms with Crippen molar-refractivity contribution in [3.05, 3.63) is 35.9 Å². The maximum atomic E-state index is 13.3. The molecular formula is C31H54O2. The highest BCUT2D eigenvalue weighted by Gasteiger charge is 2.24. The summed E-state index contributed by atoms with van der Waals surface area (Å²) >= 11 is 0. The first kappa shape index (κ1) is 29.7. The topological polar surface area (TPSA) is 26.3 Å². The molecule has 0 bridgehead atoms. The third-order valence-corrected chi connectivity index (χ3v) is 6.90. The predicted octanol–water partition coefficient (Wildman–Crippen LogP) is 10.4. The molecule has 2 unspecified atom stereocenters. The molecule has 1 rings (SSSR count). The number of carbonyl (C=O) groups excluding carboxylic acids is 1. The number of rotatable bonds is 22. The molecular weight excluding hydrogens is 404 g/mol. The minimum Gasteiger partial charge on any atom is -0.457 e. The molecule has 0 aliphatic heterocycles. The van der Waals surface area contributed by atoms with E-state index in [0.717, 1.165) is 50.5 Å². The second kappa shape index (κ2) is 21.2. The van der Waals surface area contributed by atoms with Gasteiger partial charge in [-0.1, -0.05) is 147 Å². The minimum absolute atomic E-state index is 0.0523. The number of ether oxygens (including phenoxy) is 1. The van der Waals surface area contributed by atoms with Crippen LogP contribution >= 0.6 is 0 Å². The van der Waals surface area contributed by atoms with Crippen LogP contribution in [0.1, 0.15) is 154 Å². The lowest BCUT2D eigenvalue weighted by molar-refractivity contribution is -0.155. The maximum Gasteiger partial charge on any atom is 0.309 e. The van der Waals surface area contributed by atoms with E-state index >= 15 is 0 Å². The van der Waals surface area contributed by atoms with Crippen LogP contribution in [0.15, 0.2) is 30.3 Å². The highest BCUT2D eigenvalue weighted by atomic mass is 16.5. The monoisotopic (exact) mass is 458 g/mol. The molecule has 0 radical (unpaired) electrons. The second-order valence-corrected chi connectivity index (χ2v) is 10.00. The molecule has 0 heterocycles. The standard InChI is InChI=1S/C31H54O2/c1-4-7-10-12-14-15-17-20-26-29(25-19-16-13-11-8-5-2)31(32)33-30(27-9-6-3)28-23-21-18-22-24-28/h18,21-24,29-30H,4-17,19-20,25-27H2,1-3H3. The van der Waals surface area contributed by atoms with Crippen LogP contribution < -0.4 is 0 Å². The van der Waals surface area contributed by atoms with Crippen LogP contribution in [-0.4, -0.2) is 5.97 Å². The molecule has 0 spiro atoms. The van der Waals surface area contributed by atoms with Gasteiger partial charge >= 0.3 is 5.97 Å². The van der Waals surface area contributed by atoms with Gasteiger partial charge in [0.05, 0.1) is 5.92 Å². The Morgan fingerprint density at radius 1 is 0.606 bits per heavy atom. The Morgan fingerprint density at radius 2 is 1.06 bits per heavy atom. The molecule has 1 aromatic rings. The van der Waals surface area contributed by atoms with Gasteiger partial charge in [0.1, 0.15) is 6.10 Å². The number of esters is 1. The van der Waals surface area contributed by atoms with E-state index in [1.165, 1.54) is 77.0 Å². The fraction of sp³-hybridized carbons (Fsp3) is 0.774. The molecule has 0 amide bonds. The average Bonchev–Trinajstić information content (AvgIpc) is 2.84. The summed E-state index contributed by atoms with van der Waals surface area (Å²) in [5, 5.41) is 0. The minimum atomic E-state index is -0.0933. The van der Waals surface area contributed by atoms with Crippen LogP contribution in [0.25, 0.3) is 0 Å². The van der Waals surface area contributed by atoms with Crippen LogP contribution in [0.5, 0.6) is 0 Å². The van der Waals surface area contributed by atoms with Gasteiger partial charge in [-0.15, -0.1) is 0 Å². The van der Waals surface area contributed by atoms with Crippen molar-refractivity contribution in [2.24, 2.45) is 5.92 Å². The lowest BCUT2D eigenvalue weighted by Gasteiger charge is -2.22. The summed E-state index contributed by atoms with van der Waals surface area (Å²) in [4.78, 5) is 13.3.